The maximum atomic E-state index is 5.96. The second kappa shape index (κ2) is 6.63. The lowest BCUT2D eigenvalue weighted by molar-refractivity contribution is 0.291. The van der Waals surface area contributed by atoms with Gasteiger partial charge in [0.1, 0.15) is 12.4 Å². The Morgan fingerprint density at radius 3 is 2.86 bits per heavy atom. The standard InChI is InChI=1S/C16H22N4O/c17-14-5-9-19(10-6-14)15-3-1-4-16(13-15)21-12-11-20-8-2-7-18-20/h1-4,7-8,13-14H,5-6,9-12,17H2. The quantitative estimate of drug-likeness (QED) is 0.912. The Hall–Kier alpha value is -2.01. The predicted octanol–water partition coefficient (Wildman–Crippen LogP) is 1.89. The van der Waals surface area contributed by atoms with Crippen molar-refractivity contribution in [2.75, 3.05) is 24.6 Å². The summed E-state index contributed by atoms with van der Waals surface area (Å²) in [6, 6.07) is 10.6. The van der Waals surface area contributed by atoms with Gasteiger partial charge in [0.05, 0.1) is 6.54 Å². The molecule has 0 unspecified atom stereocenters. The molecule has 1 aromatic heterocycles. The predicted molar refractivity (Wildman–Crippen MR) is 83.6 cm³/mol. The summed E-state index contributed by atoms with van der Waals surface area (Å²) >= 11 is 0. The van der Waals surface area contributed by atoms with Crippen LogP contribution in [0.25, 0.3) is 0 Å². The van der Waals surface area contributed by atoms with E-state index in [-0.39, 0.29) is 0 Å². The largest absolute Gasteiger partial charge is 0.492 e. The molecule has 1 saturated heterocycles. The zero-order valence-electron chi connectivity index (χ0n) is 12.2. The fourth-order valence-corrected chi connectivity index (χ4v) is 2.62. The number of benzene rings is 1. The van der Waals surface area contributed by atoms with E-state index in [1.165, 1.54) is 5.69 Å². The van der Waals surface area contributed by atoms with Crippen LogP contribution in [0.15, 0.2) is 42.7 Å². The first-order valence-corrected chi connectivity index (χ1v) is 7.52. The van der Waals surface area contributed by atoms with Gasteiger partial charge in [-0.25, -0.2) is 0 Å². The molecule has 0 atom stereocenters. The molecule has 1 aromatic carbocycles. The minimum Gasteiger partial charge on any atom is -0.492 e. The number of aromatic nitrogens is 2. The summed E-state index contributed by atoms with van der Waals surface area (Å²) in [6.07, 6.45) is 5.84. The Labute approximate surface area is 125 Å². The third kappa shape index (κ3) is 3.76. The molecule has 2 N–H and O–H groups in total. The normalized spacial score (nSPS) is 16.1. The van der Waals surface area contributed by atoms with Crippen LogP contribution in [0.5, 0.6) is 5.75 Å². The monoisotopic (exact) mass is 286 g/mol. The Morgan fingerprint density at radius 2 is 2.10 bits per heavy atom. The first-order chi connectivity index (χ1) is 10.3. The topological polar surface area (TPSA) is 56.3 Å². The van der Waals surface area contributed by atoms with Crippen molar-refractivity contribution in [3.8, 4) is 5.75 Å². The smallest absolute Gasteiger partial charge is 0.121 e. The van der Waals surface area contributed by atoms with Crippen LogP contribution in [0.1, 0.15) is 12.8 Å². The van der Waals surface area contributed by atoms with Crippen molar-refractivity contribution < 1.29 is 4.74 Å². The summed E-state index contributed by atoms with van der Waals surface area (Å²) in [5.41, 5.74) is 7.18. The van der Waals surface area contributed by atoms with E-state index in [2.05, 4.69) is 22.1 Å². The van der Waals surface area contributed by atoms with Gasteiger partial charge in [0.25, 0.3) is 0 Å². The van der Waals surface area contributed by atoms with Crippen molar-refractivity contribution >= 4 is 5.69 Å². The molecule has 0 radical (unpaired) electrons. The van der Waals surface area contributed by atoms with E-state index in [0.717, 1.165) is 38.2 Å². The summed E-state index contributed by atoms with van der Waals surface area (Å²) in [6.45, 7) is 3.43. The molecule has 1 aliphatic heterocycles. The van der Waals surface area contributed by atoms with Crippen LogP contribution in [0.4, 0.5) is 5.69 Å². The van der Waals surface area contributed by atoms with E-state index < -0.39 is 0 Å². The zero-order chi connectivity index (χ0) is 14.5. The van der Waals surface area contributed by atoms with Gasteiger partial charge in [-0.1, -0.05) is 6.07 Å². The molecular formula is C16H22N4O. The molecule has 5 heteroatoms. The second-order valence-corrected chi connectivity index (χ2v) is 5.44. The highest BCUT2D eigenvalue weighted by atomic mass is 16.5. The van der Waals surface area contributed by atoms with Crippen LogP contribution in [0.2, 0.25) is 0 Å². The average molecular weight is 286 g/mol. The first-order valence-electron chi connectivity index (χ1n) is 7.52. The summed E-state index contributed by atoms with van der Waals surface area (Å²) in [5, 5.41) is 4.16. The molecule has 2 heterocycles. The number of hydrogen-bond acceptors (Lipinski definition) is 4. The molecule has 0 amide bonds. The van der Waals surface area contributed by atoms with Gasteiger partial charge in [0.2, 0.25) is 0 Å². The minimum atomic E-state index is 0.356. The summed E-state index contributed by atoms with van der Waals surface area (Å²) < 4.78 is 7.69. The third-order valence-corrected chi connectivity index (χ3v) is 3.87. The van der Waals surface area contributed by atoms with Gasteiger partial charge >= 0.3 is 0 Å². The number of ether oxygens (including phenoxy) is 1. The Balaban J connectivity index is 1.55. The highest BCUT2D eigenvalue weighted by Gasteiger charge is 2.16. The third-order valence-electron chi connectivity index (χ3n) is 3.87. The molecule has 21 heavy (non-hydrogen) atoms. The van der Waals surface area contributed by atoms with Crippen LogP contribution in [-0.2, 0) is 6.54 Å². The van der Waals surface area contributed by atoms with Crippen molar-refractivity contribution in [2.24, 2.45) is 5.73 Å². The maximum Gasteiger partial charge on any atom is 0.121 e. The first kappa shape index (κ1) is 13.9. The highest BCUT2D eigenvalue weighted by molar-refractivity contribution is 5.51. The van der Waals surface area contributed by atoms with Crippen molar-refractivity contribution in [1.29, 1.82) is 0 Å². The molecule has 5 nitrogen and oxygen atoms in total. The van der Waals surface area contributed by atoms with Gasteiger partial charge in [-0.2, -0.15) is 5.10 Å². The lowest BCUT2D eigenvalue weighted by Crippen LogP contribution is -2.39. The fourth-order valence-electron chi connectivity index (χ4n) is 2.62. The summed E-state index contributed by atoms with van der Waals surface area (Å²) in [7, 11) is 0. The summed E-state index contributed by atoms with van der Waals surface area (Å²) in [5.74, 6) is 0.912. The minimum absolute atomic E-state index is 0.356. The maximum absolute atomic E-state index is 5.96. The lowest BCUT2D eigenvalue weighted by atomic mass is 10.1. The number of nitrogens with zero attached hydrogens (tertiary/aromatic N) is 3. The van der Waals surface area contributed by atoms with Crippen LogP contribution < -0.4 is 15.4 Å². The van der Waals surface area contributed by atoms with Crippen LogP contribution in [-0.4, -0.2) is 35.5 Å². The van der Waals surface area contributed by atoms with Gasteiger partial charge in [-0.15, -0.1) is 0 Å². The SMILES string of the molecule is NC1CCN(c2cccc(OCCn3cccn3)c2)CC1. The van der Waals surface area contributed by atoms with Gasteiger partial charge in [0.15, 0.2) is 0 Å². The number of piperidine rings is 1. The number of anilines is 1. The van der Waals surface area contributed by atoms with E-state index in [1.54, 1.807) is 6.20 Å². The van der Waals surface area contributed by atoms with Crippen LogP contribution in [0, 0.1) is 0 Å². The Bertz CT molecular complexity index is 547. The molecule has 0 spiro atoms. The van der Waals surface area contributed by atoms with E-state index in [9.17, 15) is 0 Å². The molecule has 3 rings (SSSR count). The van der Waals surface area contributed by atoms with Crippen molar-refractivity contribution in [2.45, 2.75) is 25.4 Å². The molecule has 0 saturated carbocycles. The van der Waals surface area contributed by atoms with E-state index in [0.29, 0.717) is 12.6 Å². The molecule has 2 aromatic rings. The van der Waals surface area contributed by atoms with Gasteiger partial charge < -0.3 is 15.4 Å². The molecular weight excluding hydrogens is 264 g/mol. The van der Waals surface area contributed by atoms with Gasteiger partial charge in [0, 0.05) is 43.3 Å². The average Bonchev–Trinajstić information content (AvgIpc) is 3.02. The van der Waals surface area contributed by atoms with E-state index in [1.807, 2.05) is 29.1 Å². The molecule has 0 bridgehead atoms. The van der Waals surface area contributed by atoms with Crippen molar-refractivity contribution in [3.63, 3.8) is 0 Å². The molecule has 0 aliphatic carbocycles. The summed E-state index contributed by atoms with van der Waals surface area (Å²) in [4.78, 5) is 2.38. The van der Waals surface area contributed by atoms with Crippen molar-refractivity contribution in [1.82, 2.24) is 9.78 Å². The fraction of sp³-hybridized carbons (Fsp3) is 0.438. The Kier molecular flexibility index (Phi) is 4.40. The second-order valence-electron chi connectivity index (χ2n) is 5.44. The highest BCUT2D eigenvalue weighted by Crippen LogP contribution is 2.24. The Morgan fingerprint density at radius 1 is 1.24 bits per heavy atom. The van der Waals surface area contributed by atoms with Crippen molar-refractivity contribution in [3.05, 3.63) is 42.7 Å². The van der Waals surface area contributed by atoms with Gasteiger partial charge in [-0.05, 0) is 31.0 Å². The molecule has 112 valence electrons. The zero-order valence-corrected chi connectivity index (χ0v) is 12.2. The lowest BCUT2D eigenvalue weighted by Gasteiger charge is -2.32. The van der Waals surface area contributed by atoms with Gasteiger partial charge in [-0.3, -0.25) is 4.68 Å². The van der Waals surface area contributed by atoms with E-state index >= 15 is 0 Å². The van der Waals surface area contributed by atoms with E-state index in [4.69, 9.17) is 10.5 Å². The van der Waals surface area contributed by atoms with Crippen LogP contribution >= 0.6 is 0 Å². The molecule has 1 aliphatic rings. The number of nitrogens with two attached hydrogens (primary N) is 1. The molecule has 1 fully saturated rings. The number of rotatable bonds is 5. The number of hydrogen-bond donors (Lipinski definition) is 1. The van der Waals surface area contributed by atoms with Crippen LogP contribution in [0.3, 0.4) is 0 Å².